The summed E-state index contributed by atoms with van der Waals surface area (Å²) in [6.07, 6.45) is 1.70. The zero-order chi connectivity index (χ0) is 12.3. The highest BCUT2D eigenvalue weighted by Gasteiger charge is 2.26. The summed E-state index contributed by atoms with van der Waals surface area (Å²) in [6.45, 7) is 8.04. The molecule has 0 radical (unpaired) electrons. The van der Waals surface area contributed by atoms with Gasteiger partial charge in [-0.25, -0.2) is 0 Å². The Labute approximate surface area is 103 Å². The van der Waals surface area contributed by atoms with E-state index >= 15 is 0 Å². The van der Waals surface area contributed by atoms with E-state index in [2.05, 4.69) is 0 Å². The summed E-state index contributed by atoms with van der Waals surface area (Å²) in [5.41, 5.74) is 1.52. The molecule has 0 aliphatic carbocycles. The monoisotopic (exact) mass is 238 g/mol. The first kappa shape index (κ1) is 13.2. The Hall–Kier alpha value is -0.820. The predicted octanol–water partition coefficient (Wildman–Crippen LogP) is 4.52. The average Bonchev–Trinajstić information content (AvgIpc) is 2.28. The molecule has 0 unspecified atom stereocenters. The van der Waals surface area contributed by atoms with Crippen molar-refractivity contribution in [2.45, 2.75) is 40.5 Å². The standard InChI is InChI=1S/C14H19ClO/c1-5-10-9-11(7-8-12(10)15)13(16)14(3,4)6-2/h7-9H,5-6H2,1-4H3. The number of ketones is 1. The number of hydrogen-bond acceptors (Lipinski definition) is 1. The van der Waals surface area contributed by atoms with E-state index in [9.17, 15) is 4.79 Å². The summed E-state index contributed by atoms with van der Waals surface area (Å²) >= 11 is 6.04. The van der Waals surface area contributed by atoms with Crippen molar-refractivity contribution in [3.8, 4) is 0 Å². The van der Waals surface area contributed by atoms with Crippen LogP contribution in [0, 0.1) is 5.41 Å². The minimum absolute atomic E-state index is 0.196. The number of benzene rings is 1. The van der Waals surface area contributed by atoms with Gasteiger partial charge in [-0.05, 0) is 36.6 Å². The Morgan fingerprint density at radius 2 is 1.94 bits per heavy atom. The lowest BCUT2D eigenvalue weighted by atomic mass is 9.81. The summed E-state index contributed by atoms with van der Waals surface area (Å²) in [6, 6.07) is 5.56. The van der Waals surface area contributed by atoms with Crippen LogP contribution in [0.1, 0.15) is 50.0 Å². The molecule has 1 aromatic rings. The minimum atomic E-state index is -0.293. The largest absolute Gasteiger partial charge is 0.294 e. The number of carbonyl (C=O) groups is 1. The van der Waals surface area contributed by atoms with E-state index in [4.69, 9.17) is 11.6 Å². The molecule has 1 rings (SSSR count). The van der Waals surface area contributed by atoms with E-state index in [1.807, 2.05) is 45.9 Å². The summed E-state index contributed by atoms with van der Waals surface area (Å²) in [5.74, 6) is 0.196. The fourth-order valence-corrected chi connectivity index (χ4v) is 1.79. The fraction of sp³-hybridized carbons (Fsp3) is 0.500. The van der Waals surface area contributed by atoms with Crippen LogP contribution in [-0.4, -0.2) is 5.78 Å². The Morgan fingerprint density at radius 3 is 2.44 bits per heavy atom. The maximum atomic E-state index is 12.2. The van der Waals surface area contributed by atoms with Gasteiger partial charge < -0.3 is 0 Å². The van der Waals surface area contributed by atoms with Crippen molar-refractivity contribution < 1.29 is 4.79 Å². The molecule has 0 atom stereocenters. The third kappa shape index (κ3) is 2.65. The normalized spacial score (nSPS) is 11.6. The van der Waals surface area contributed by atoms with Crippen LogP contribution in [0.15, 0.2) is 18.2 Å². The van der Waals surface area contributed by atoms with Crippen molar-refractivity contribution in [2.24, 2.45) is 5.41 Å². The molecule has 0 bridgehead atoms. The topological polar surface area (TPSA) is 17.1 Å². The minimum Gasteiger partial charge on any atom is -0.294 e. The molecule has 0 aliphatic rings. The van der Waals surface area contributed by atoms with Crippen LogP contribution in [0.3, 0.4) is 0 Å². The van der Waals surface area contributed by atoms with Crippen LogP contribution in [0.5, 0.6) is 0 Å². The highest BCUT2D eigenvalue weighted by molar-refractivity contribution is 6.31. The van der Waals surface area contributed by atoms with Gasteiger partial charge in [0.1, 0.15) is 0 Å². The predicted molar refractivity (Wildman–Crippen MR) is 69.2 cm³/mol. The maximum absolute atomic E-state index is 12.2. The van der Waals surface area contributed by atoms with Gasteiger partial charge in [-0.1, -0.05) is 39.3 Å². The number of hydrogen-bond donors (Lipinski definition) is 0. The third-order valence-electron chi connectivity index (χ3n) is 3.19. The summed E-state index contributed by atoms with van der Waals surface area (Å²) in [5, 5.41) is 0.744. The van der Waals surface area contributed by atoms with Gasteiger partial charge in [-0.15, -0.1) is 0 Å². The number of carbonyl (C=O) groups excluding carboxylic acids is 1. The molecule has 0 spiro atoms. The zero-order valence-corrected chi connectivity index (χ0v) is 11.2. The van der Waals surface area contributed by atoms with E-state index in [1.165, 1.54) is 0 Å². The lowest BCUT2D eigenvalue weighted by Gasteiger charge is -2.21. The van der Waals surface area contributed by atoms with Crippen molar-refractivity contribution in [3.05, 3.63) is 34.3 Å². The molecule has 1 aromatic carbocycles. The van der Waals surface area contributed by atoms with E-state index in [0.717, 1.165) is 29.0 Å². The highest BCUT2D eigenvalue weighted by Crippen LogP contribution is 2.27. The first-order chi connectivity index (χ1) is 7.42. The molecular weight excluding hydrogens is 220 g/mol. The molecule has 0 fully saturated rings. The van der Waals surface area contributed by atoms with Crippen molar-refractivity contribution >= 4 is 17.4 Å². The SMILES string of the molecule is CCc1cc(C(=O)C(C)(C)CC)ccc1Cl. The van der Waals surface area contributed by atoms with Crippen molar-refractivity contribution in [3.63, 3.8) is 0 Å². The number of Topliss-reactive ketones (excluding diaryl/α,β-unsaturated/α-hetero) is 1. The van der Waals surface area contributed by atoms with Gasteiger partial charge in [0.2, 0.25) is 0 Å². The quantitative estimate of drug-likeness (QED) is 0.705. The molecule has 0 aromatic heterocycles. The number of rotatable bonds is 4. The number of halogens is 1. The van der Waals surface area contributed by atoms with Crippen LogP contribution < -0.4 is 0 Å². The lowest BCUT2D eigenvalue weighted by molar-refractivity contribution is 0.0833. The molecular formula is C14H19ClO. The summed E-state index contributed by atoms with van der Waals surface area (Å²) in [7, 11) is 0. The van der Waals surface area contributed by atoms with Gasteiger partial charge in [-0.3, -0.25) is 4.79 Å². The van der Waals surface area contributed by atoms with Gasteiger partial charge in [0.25, 0.3) is 0 Å². The average molecular weight is 239 g/mol. The second-order valence-corrected chi connectivity index (χ2v) is 5.13. The van der Waals surface area contributed by atoms with Crippen molar-refractivity contribution in [2.75, 3.05) is 0 Å². The molecule has 0 saturated carbocycles. The zero-order valence-electron chi connectivity index (χ0n) is 10.4. The van der Waals surface area contributed by atoms with Crippen LogP contribution in [0.25, 0.3) is 0 Å². The van der Waals surface area contributed by atoms with E-state index < -0.39 is 0 Å². The molecule has 1 nitrogen and oxygen atoms in total. The molecule has 2 heteroatoms. The Balaban J connectivity index is 3.10. The van der Waals surface area contributed by atoms with Gasteiger partial charge in [0.15, 0.2) is 5.78 Å². The second-order valence-electron chi connectivity index (χ2n) is 4.73. The first-order valence-corrected chi connectivity index (χ1v) is 6.13. The van der Waals surface area contributed by atoms with Gasteiger partial charge in [0.05, 0.1) is 0 Å². The van der Waals surface area contributed by atoms with Crippen LogP contribution in [-0.2, 0) is 6.42 Å². The molecule has 0 N–H and O–H groups in total. The fourth-order valence-electron chi connectivity index (χ4n) is 1.54. The van der Waals surface area contributed by atoms with Crippen molar-refractivity contribution in [1.82, 2.24) is 0 Å². The first-order valence-electron chi connectivity index (χ1n) is 5.75. The van der Waals surface area contributed by atoms with E-state index in [1.54, 1.807) is 0 Å². The Morgan fingerprint density at radius 1 is 1.31 bits per heavy atom. The van der Waals surface area contributed by atoms with Crippen LogP contribution in [0.2, 0.25) is 5.02 Å². The van der Waals surface area contributed by atoms with Gasteiger partial charge >= 0.3 is 0 Å². The van der Waals surface area contributed by atoms with Gasteiger partial charge in [-0.2, -0.15) is 0 Å². The van der Waals surface area contributed by atoms with E-state index in [0.29, 0.717) is 0 Å². The Bertz CT molecular complexity index is 394. The third-order valence-corrected chi connectivity index (χ3v) is 3.56. The van der Waals surface area contributed by atoms with Gasteiger partial charge in [0, 0.05) is 16.0 Å². The van der Waals surface area contributed by atoms with Crippen molar-refractivity contribution in [1.29, 1.82) is 0 Å². The second kappa shape index (κ2) is 5.01. The summed E-state index contributed by atoms with van der Waals surface area (Å²) in [4.78, 5) is 12.2. The molecule has 16 heavy (non-hydrogen) atoms. The lowest BCUT2D eigenvalue weighted by Crippen LogP contribution is -2.23. The molecule has 0 saturated heterocycles. The molecule has 0 amide bonds. The Kier molecular flexibility index (Phi) is 4.15. The highest BCUT2D eigenvalue weighted by atomic mass is 35.5. The summed E-state index contributed by atoms with van der Waals surface area (Å²) < 4.78 is 0. The molecule has 88 valence electrons. The molecule has 0 aliphatic heterocycles. The maximum Gasteiger partial charge on any atom is 0.168 e. The van der Waals surface area contributed by atoms with Crippen LogP contribution >= 0.6 is 11.6 Å². The number of aryl methyl sites for hydroxylation is 1. The van der Waals surface area contributed by atoms with Crippen LogP contribution in [0.4, 0.5) is 0 Å². The van der Waals surface area contributed by atoms with E-state index in [-0.39, 0.29) is 11.2 Å². The smallest absolute Gasteiger partial charge is 0.168 e. The molecule has 0 heterocycles.